The van der Waals surface area contributed by atoms with Gasteiger partial charge in [-0.3, -0.25) is 9.59 Å². The molecule has 0 fully saturated rings. The number of nitrogens with zero attached hydrogens (tertiary/aromatic N) is 3. The van der Waals surface area contributed by atoms with Crippen molar-refractivity contribution < 1.29 is 14.3 Å². The van der Waals surface area contributed by atoms with Gasteiger partial charge in [0.1, 0.15) is 5.52 Å². The second kappa shape index (κ2) is 7.57. The van der Waals surface area contributed by atoms with Gasteiger partial charge in [-0.25, -0.2) is 4.68 Å². The fraction of sp³-hybridized carbons (Fsp3) is 0.222. The van der Waals surface area contributed by atoms with Gasteiger partial charge in [0.15, 0.2) is 6.73 Å². The highest BCUT2D eigenvalue weighted by molar-refractivity contribution is 5.94. The van der Waals surface area contributed by atoms with Crippen LogP contribution in [0.15, 0.2) is 54.6 Å². The van der Waals surface area contributed by atoms with Gasteiger partial charge in [-0.1, -0.05) is 35.5 Å². The molecular formula is C18H18N4O3. The number of para-hydroxylation sites is 1. The number of carbonyl (C=O) groups excluding carboxylic acids is 2. The smallest absolute Gasteiger partial charge is 0.309 e. The van der Waals surface area contributed by atoms with Gasteiger partial charge in [0.05, 0.1) is 11.9 Å². The van der Waals surface area contributed by atoms with Crippen molar-refractivity contribution >= 4 is 22.9 Å². The van der Waals surface area contributed by atoms with Gasteiger partial charge in [0, 0.05) is 11.6 Å². The number of amides is 1. The van der Waals surface area contributed by atoms with Crippen molar-refractivity contribution in [3.63, 3.8) is 0 Å². The van der Waals surface area contributed by atoms with E-state index in [4.69, 9.17) is 4.74 Å². The Bertz CT molecular complexity index is 876. The highest BCUT2D eigenvalue weighted by atomic mass is 16.5. The topological polar surface area (TPSA) is 86.1 Å². The van der Waals surface area contributed by atoms with Crippen LogP contribution in [0.1, 0.15) is 23.7 Å². The molecule has 0 radical (unpaired) electrons. The lowest BCUT2D eigenvalue weighted by molar-refractivity contribution is -0.148. The average Bonchev–Trinajstić information content (AvgIpc) is 3.04. The number of esters is 1. The highest BCUT2D eigenvalue weighted by Crippen LogP contribution is 2.10. The van der Waals surface area contributed by atoms with E-state index in [0.29, 0.717) is 5.56 Å². The standard InChI is InChI=1S/C18H18N4O3/c1-13(19-18(24)14-7-3-2-4-8-14)11-17(23)25-12-22-16-10-6-5-9-15(16)20-21-22/h2-10,13H,11-12H2,1H3,(H,19,24)/t13-/m1/s1. The van der Waals surface area contributed by atoms with Crippen LogP contribution in [0.25, 0.3) is 11.0 Å². The first-order chi connectivity index (χ1) is 12.1. The SMILES string of the molecule is C[C@H](CC(=O)OCn1nnc2ccccc21)NC(=O)c1ccccc1. The maximum atomic E-state index is 12.0. The molecular weight excluding hydrogens is 320 g/mol. The summed E-state index contributed by atoms with van der Waals surface area (Å²) in [4.78, 5) is 24.0. The van der Waals surface area contributed by atoms with Gasteiger partial charge in [-0.15, -0.1) is 5.10 Å². The van der Waals surface area contributed by atoms with E-state index < -0.39 is 5.97 Å². The zero-order valence-corrected chi connectivity index (χ0v) is 13.8. The van der Waals surface area contributed by atoms with Gasteiger partial charge in [-0.05, 0) is 31.2 Å². The quantitative estimate of drug-likeness (QED) is 0.696. The third kappa shape index (κ3) is 4.20. The van der Waals surface area contributed by atoms with E-state index in [1.54, 1.807) is 31.2 Å². The highest BCUT2D eigenvalue weighted by Gasteiger charge is 2.14. The molecule has 0 aliphatic heterocycles. The van der Waals surface area contributed by atoms with Crippen LogP contribution in [0.4, 0.5) is 0 Å². The number of rotatable bonds is 6. The molecule has 25 heavy (non-hydrogen) atoms. The lowest BCUT2D eigenvalue weighted by Gasteiger charge is -2.13. The van der Waals surface area contributed by atoms with Crippen LogP contribution in [0.2, 0.25) is 0 Å². The van der Waals surface area contributed by atoms with E-state index in [2.05, 4.69) is 15.6 Å². The van der Waals surface area contributed by atoms with Gasteiger partial charge in [0.2, 0.25) is 0 Å². The Kier molecular flexibility index (Phi) is 5.03. The average molecular weight is 338 g/mol. The normalized spacial score (nSPS) is 11.9. The Morgan fingerprint density at radius 1 is 1.12 bits per heavy atom. The maximum absolute atomic E-state index is 12.0. The van der Waals surface area contributed by atoms with E-state index in [0.717, 1.165) is 11.0 Å². The van der Waals surface area contributed by atoms with Crippen molar-refractivity contribution in [1.82, 2.24) is 20.3 Å². The van der Waals surface area contributed by atoms with Crippen LogP contribution in [0.3, 0.4) is 0 Å². The second-order valence-electron chi connectivity index (χ2n) is 5.67. The number of hydrogen-bond donors (Lipinski definition) is 1. The number of fused-ring (bicyclic) bond motifs is 1. The first-order valence-electron chi connectivity index (χ1n) is 7.93. The number of benzene rings is 2. The molecule has 0 aliphatic rings. The summed E-state index contributed by atoms with van der Waals surface area (Å²) in [6, 6.07) is 15.9. The van der Waals surface area contributed by atoms with Crippen molar-refractivity contribution in [1.29, 1.82) is 0 Å². The van der Waals surface area contributed by atoms with Gasteiger partial charge in [-0.2, -0.15) is 0 Å². The summed E-state index contributed by atoms with van der Waals surface area (Å²) in [6.07, 6.45) is 0.0746. The minimum absolute atomic E-state index is 0.0152. The van der Waals surface area contributed by atoms with E-state index in [1.165, 1.54) is 4.68 Å². The lowest BCUT2D eigenvalue weighted by atomic mass is 10.2. The van der Waals surface area contributed by atoms with Crippen LogP contribution in [-0.4, -0.2) is 32.9 Å². The van der Waals surface area contributed by atoms with E-state index >= 15 is 0 Å². The summed E-state index contributed by atoms with van der Waals surface area (Å²) in [6.45, 7) is 1.74. The molecule has 0 unspecified atom stereocenters. The zero-order valence-electron chi connectivity index (χ0n) is 13.8. The first-order valence-corrected chi connectivity index (χ1v) is 7.93. The van der Waals surface area contributed by atoms with Crippen LogP contribution >= 0.6 is 0 Å². The fourth-order valence-corrected chi connectivity index (χ4v) is 2.40. The summed E-state index contributed by atoms with van der Waals surface area (Å²) in [7, 11) is 0. The molecule has 128 valence electrons. The van der Waals surface area contributed by atoms with Crippen molar-refractivity contribution in [2.45, 2.75) is 26.1 Å². The molecule has 1 heterocycles. The molecule has 0 saturated carbocycles. The second-order valence-corrected chi connectivity index (χ2v) is 5.67. The van der Waals surface area contributed by atoms with E-state index in [1.807, 2.05) is 30.3 Å². The van der Waals surface area contributed by atoms with Crippen molar-refractivity contribution in [2.75, 3.05) is 0 Å². The number of hydrogen-bond acceptors (Lipinski definition) is 5. The number of aromatic nitrogens is 3. The molecule has 1 N–H and O–H groups in total. The van der Waals surface area contributed by atoms with Gasteiger partial charge in [0.25, 0.3) is 5.91 Å². The minimum Gasteiger partial charge on any atom is -0.442 e. The largest absolute Gasteiger partial charge is 0.442 e. The predicted molar refractivity (Wildman–Crippen MR) is 91.6 cm³/mol. The maximum Gasteiger partial charge on any atom is 0.309 e. The predicted octanol–water partition coefficient (Wildman–Crippen LogP) is 2.14. The first kappa shape index (κ1) is 16.6. The lowest BCUT2D eigenvalue weighted by Crippen LogP contribution is -2.34. The van der Waals surface area contributed by atoms with Crippen LogP contribution in [0, 0.1) is 0 Å². The third-order valence-corrected chi connectivity index (χ3v) is 3.65. The Labute approximate surface area is 144 Å². The molecule has 2 aromatic carbocycles. The summed E-state index contributed by atoms with van der Waals surface area (Å²) in [5.74, 6) is -0.636. The molecule has 1 aromatic heterocycles. The third-order valence-electron chi connectivity index (χ3n) is 3.65. The van der Waals surface area contributed by atoms with Crippen molar-refractivity contribution in [3.8, 4) is 0 Å². The molecule has 1 amide bonds. The molecule has 0 saturated heterocycles. The number of ether oxygens (including phenoxy) is 1. The van der Waals surface area contributed by atoms with Crippen molar-refractivity contribution in [2.24, 2.45) is 0 Å². The Balaban J connectivity index is 1.49. The van der Waals surface area contributed by atoms with Crippen LogP contribution < -0.4 is 5.32 Å². The Morgan fingerprint density at radius 3 is 2.64 bits per heavy atom. The molecule has 0 bridgehead atoms. The zero-order chi connectivity index (χ0) is 17.6. The summed E-state index contributed by atoms with van der Waals surface area (Å²) < 4.78 is 6.74. The molecule has 7 nitrogen and oxygen atoms in total. The number of nitrogens with one attached hydrogen (secondary N) is 1. The molecule has 7 heteroatoms. The Hall–Kier alpha value is -3.22. The fourth-order valence-electron chi connectivity index (χ4n) is 2.40. The molecule has 3 rings (SSSR count). The summed E-state index contributed by atoms with van der Waals surface area (Å²) in [5.41, 5.74) is 2.08. The number of carbonyl (C=O) groups is 2. The van der Waals surface area contributed by atoms with E-state index in [9.17, 15) is 9.59 Å². The molecule has 1 atom stereocenters. The molecule has 0 spiro atoms. The molecule has 3 aromatic rings. The summed E-state index contributed by atoms with van der Waals surface area (Å²) in [5, 5.41) is 10.7. The Morgan fingerprint density at radius 2 is 1.84 bits per heavy atom. The summed E-state index contributed by atoms with van der Waals surface area (Å²) >= 11 is 0. The van der Waals surface area contributed by atoms with Crippen molar-refractivity contribution in [3.05, 3.63) is 60.2 Å². The van der Waals surface area contributed by atoms with E-state index in [-0.39, 0.29) is 25.1 Å². The minimum atomic E-state index is -0.416. The van der Waals surface area contributed by atoms with Gasteiger partial charge >= 0.3 is 5.97 Å². The molecule has 0 aliphatic carbocycles. The van der Waals surface area contributed by atoms with Crippen LogP contribution in [0.5, 0.6) is 0 Å². The van der Waals surface area contributed by atoms with Crippen LogP contribution in [-0.2, 0) is 16.3 Å². The van der Waals surface area contributed by atoms with Gasteiger partial charge < -0.3 is 10.1 Å². The monoisotopic (exact) mass is 338 g/mol.